The van der Waals surface area contributed by atoms with Crippen molar-refractivity contribution in [3.05, 3.63) is 137 Å². The van der Waals surface area contributed by atoms with E-state index in [1.807, 2.05) is 110 Å². The van der Waals surface area contributed by atoms with E-state index in [9.17, 15) is 38.7 Å². The lowest BCUT2D eigenvalue weighted by molar-refractivity contribution is -0.139. The number of hydrogen-bond donors (Lipinski definition) is 3. The molecule has 100 heavy (non-hydrogen) atoms. The van der Waals surface area contributed by atoms with Crippen LogP contribution in [0.5, 0.6) is 0 Å². The number of para-hydroxylation sites is 4. The number of benzene rings is 4. The van der Waals surface area contributed by atoms with E-state index in [0.717, 1.165) is 174 Å². The second-order valence-electron chi connectivity index (χ2n) is 29.0. The summed E-state index contributed by atoms with van der Waals surface area (Å²) in [6, 6.07) is 31.6. The summed E-state index contributed by atoms with van der Waals surface area (Å²) in [7, 11) is 0. The Kier molecular flexibility index (Phi) is 21.0. The summed E-state index contributed by atoms with van der Waals surface area (Å²) in [6.07, 6.45) is 20.4. The monoisotopic (exact) mass is 1390 g/mol. The summed E-state index contributed by atoms with van der Waals surface area (Å²) in [5.41, 5.74) is 8.26. The van der Waals surface area contributed by atoms with Crippen LogP contribution < -0.4 is 20.4 Å². The molecular weight excluding hydrogens is 1290 g/mol. The van der Waals surface area contributed by atoms with E-state index < -0.39 is 22.5 Å². The molecule has 8 heterocycles. The number of rotatable bonds is 15. The zero-order valence-corrected chi connectivity index (χ0v) is 58.6. The number of aliphatic hydroxyl groups excluding tert-OH is 1. The van der Waals surface area contributed by atoms with Crippen LogP contribution in [-0.2, 0) is 90.5 Å². The zero-order valence-electron chi connectivity index (χ0n) is 57.8. The van der Waals surface area contributed by atoms with E-state index in [2.05, 4.69) is 21.3 Å². The highest BCUT2D eigenvalue weighted by atomic mass is 35.5. The molecule has 7 fully saturated rings. The number of unbranched alkanes of at least 4 members (excludes halogenated alkanes) is 1. The number of anilines is 4. The second kappa shape index (κ2) is 29.9. The first kappa shape index (κ1) is 70.4. The predicted molar refractivity (Wildman–Crippen MR) is 378 cm³/mol. The van der Waals surface area contributed by atoms with E-state index in [1.54, 1.807) is 19.6 Å². The number of nitrogens with zero attached hydrogens (tertiary/aromatic N) is 7. The Balaban J connectivity index is 0.000000125. The maximum Gasteiger partial charge on any atom is 0.410 e. The van der Waals surface area contributed by atoms with Crippen LogP contribution in [-0.4, -0.2) is 162 Å². The number of fused-ring (bicyclic) bond motifs is 9. The number of aryl methyl sites for hydroxylation is 1. The van der Waals surface area contributed by atoms with E-state index in [1.165, 1.54) is 29.8 Å². The van der Waals surface area contributed by atoms with Crippen LogP contribution in [0.2, 0.25) is 0 Å². The molecule has 4 saturated carbocycles. The van der Waals surface area contributed by atoms with Crippen molar-refractivity contribution < 1.29 is 62.4 Å². The van der Waals surface area contributed by atoms with Crippen LogP contribution in [0.15, 0.2) is 97.1 Å². The highest BCUT2D eigenvalue weighted by Gasteiger charge is 2.62. The van der Waals surface area contributed by atoms with Gasteiger partial charge in [0.05, 0.1) is 24.2 Å². The molecule has 0 bridgehead atoms. The number of likely N-dealkylation sites (tertiary alicyclic amines) is 3. The Bertz CT molecular complexity index is 3830. The third-order valence-electron chi connectivity index (χ3n) is 22.9. The summed E-state index contributed by atoms with van der Waals surface area (Å²) in [6.45, 7) is 8.90. The van der Waals surface area contributed by atoms with Crippen molar-refractivity contribution in [2.45, 2.75) is 208 Å². The third kappa shape index (κ3) is 13.1. The molecule has 7 amide bonds. The van der Waals surface area contributed by atoms with Gasteiger partial charge in [-0.05, 0) is 189 Å². The summed E-state index contributed by atoms with van der Waals surface area (Å²) < 4.78 is 30.4. The maximum absolute atomic E-state index is 14.0. The SMILES string of the molecule is CCOC(CN1C(=O)C2(CN(C(=O)OC3CCCC3)C2)c2ccccc21)OCC.Cl.O=C(OC1CCCC1)N1CC2(C1)C(=O)N(Cc1nc3c(n1CCCCO)CCCC3)c1ccccc12.O=C(OC1CCCC1)N1CC2(C1)C(=O)Nc1ccccc12.O=C1Nc2ccccc2C12CCC2. The lowest BCUT2D eigenvalue weighted by Crippen LogP contribution is -2.65. The molecule has 0 atom stereocenters. The molecule has 17 rings (SSSR count). The average Bonchev–Trinajstić information content (AvgIpc) is 1.54. The highest BCUT2D eigenvalue weighted by molar-refractivity contribution is 6.11. The predicted octanol–water partition coefficient (Wildman–Crippen LogP) is 11.5. The molecule has 3 saturated heterocycles. The number of imidazole rings is 1. The van der Waals surface area contributed by atoms with Gasteiger partial charge in [0.25, 0.3) is 0 Å². The van der Waals surface area contributed by atoms with E-state index in [-0.39, 0.29) is 84.6 Å². The molecule has 1 aromatic heterocycles. The topological polar surface area (TPSA) is 244 Å². The van der Waals surface area contributed by atoms with E-state index in [0.29, 0.717) is 65.6 Å². The number of hydrogen-bond acceptors (Lipinski definition) is 14. The highest BCUT2D eigenvalue weighted by Crippen LogP contribution is 2.52. The first-order valence-corrected chi connectivity index (χ1v) is 36.6. The van der Waals surface area contributed by atoms with Gasteiger partial charge in [0, 0.05) is 94.1 Å². The molecule has 534 valence electrons. The zero-order chi connectivity index (χ0) is 68.5. The molecule has 4 spiro atoms. The number of carbonyl (C=O) groups excluding carboxylic acids is 7. The van der Waals surface area contributed by atoms with Crippen LogP contribution >= 0.6 is 12.4 Å². The Hall–Kier alpha value is -8.05. The number of halogens is 1. The minimum atomic E-state index is -0.695. The van der Waals surface area contributed by atoms with Crippen molar-refractivity contribution in [3.8, 4) is 0 Å². The number of aliphatic hydroxyl groups is 1. The van der Waals surface area contributed by atoms with Crippen LogP contribution in [0.3, 0.4) is 0 Å². The summed E-state index contributed by atoms with van der Waals surface area (Å²) >= 11 is 0. The molecule has 22 nitrogen and oxygen atoms in total. The average molecular weight is 1390 g/mol. The largest absolute Gasteiger partial charge is 0.446 e. The Morgan fingerprint density at radius 3 is 1.41 bits per heavy atom. The number of amides is 7. The van der Waals surface area contributed by atoms with Gasteiger partial charge in [0.2, 0.25) is 23.6 Å². The van der Waals surface area contributed by atoms with Crippen LogP contribution in [0, 0.1) is 0 Å². The third-order valence-corrected chi connectivity index (χ3v) is 22.9. The Morgan fingerprint density at radius 1 is 0.520 bits per heavy atom. The second-order valence-corrected chi connectivity index (χ2v) is 29.0. The minimum Gasteiger partial charge on any atom is -0.446 e. The van der Waals surface area contributed by atoms with Gasteiger partial charge >= 0.3 is 18.3 Å². The van der Waals surface area contributed by atoms with Gasteiger partial charge in [-0.15, -0.1) is 12.4 Å². The van der Waals surface area contributed by atoms with Crippen LogP contribution in [0.25, 0.3) is 0 Å². The lowest BCUT2D eigenvalue weighted by Gasteiger charge is -2.46. The normalized spacial score (nSPS) is 21.0. The Labute approximate surface area is 591 Å². The summed E-state index contributed by atoms with van der Waals surface area (Å²) in [5, 5.41) is 15.1. The van der Waals surface area contributed by atoms with Gasteiger partial charge in [0.15, 0.2) is 6.29 Å². The molecular formula is C77H96ClN9O13. The van der Waals surface area contributed by atoms with Gasteiger partial charge in [-0.1, -0.05) is 79.2 Å². The van der Waals surface area contributed by atoms with Gasteiger partial charge in [0.1, 0.15) is 40.4 Å². The first-order chi connectivity index (χ1) is 48.2. The first-order valence-electron chi connectivity index (χ1n) is 36.6. The van der Waals surface area contributed by atoms with Gasteiger partial charge < -0.3 is 68.5 Å². The Morgan fingerprint density at radius 2 is 0.940 bits per heavy atom. The van der Waals surface area contributed by atoms with Crippen molar-refractivity contribution in [1.29, 1.82) is 0 Å². The number of nitrogens with one attached hydrogen (secondary N) is 2. The molecule has 0 unspecified atom stereocenters. The van der Waals surface area contributed by atoms with Crippen LogP contribution in [0.1, 0.15) is 175 Å². The summed E-state index contributed by atoms with van der Waals surface area (Å²) in [5.74, 6) is 1.19. The molecule has 12 aliphatic rings. The maximum atomic E-state index is 14.0. The lowest BCUT2D eigenvalue weighted by atomic mass is 9.65. The molecule has 4 aromatic carbocycles. The molecule has 5 aromatic rings. The number of aromatic nitrogens is 2. The van der Waals surface area contributed by atoms with Crippen molar-refractivity contribution in [2.24, 2.45) is 0 Å². The van der Waals surface area contributed by atoms with Crippen molar-refractivity contribution in [3.63, 3.8) is 0 Å². The standard InChI is InChI=1S/C28H36N4O4.C22H30N2O5.C16H18N2O3.C11H11NO.ClH/c33-16-8-7-15-31-24-14-6-4-12-22(24)29-25(31)17-32-23-13-5-3-11-21(23)28(26(32)34)18-30(19-28)27(35)36-20-9-1-2-10-20;1-3-27-19(28-4-2)13-24-18-12-8-7-11-17(18)22(20(24)25)14-23(15-22)21(26)29-16-9-5-6-10-16;19-14-16(12-7-3-4-8-13(12)17-14)9-18(10-16)15(20)21-11-5-1-2-6-11;13-10-11(6-3-7-11)8-4-1-2-5-9(8)12-10;/h3,5,11,13,20,33H,1-2,4,6-10,12,14-19H2;7-8,11-12,16,19H,3-6,9-10,13-15H2,1-2H3;3-4,7-8,11H,1-2,5-6,9-10H2,(H,17,19);1-2,4-5H,3,6-7H2,(H,12,13);1H. The summed E-state index contributed by atoms with van der Waals surface area (Å²) in [4.78, 5) is 102. The van der Waals surface area contributed by atoms with Crippen molar-refractivity contribution in [2.75, 3.05) is 86.1 Å². The number of carbonyl (C=O) groups is 7. The van der Waals surface area contributed by atoms with Crippen molar-refractivity contribution in [1.82, 2.24) is 24.3 Å². The fourth-order valence-electron chi connectivity index (χ4n) is 17.3. The quantitative estimate of drug-likeness (QED) is 0.0502. The molecule has 5 aliphatic carbocycles. The smallest absolute Gasteiger partial charge is 0.410 e. The molecule has 23 heteroatoms. The molecule has 0 radical (unpaired) electrons. The fourth-order valence-corrected chi connectivity index (χ4v) is 17.3. The van der Waals surface area contributed by atoms with Gasteiger partial charge in [-0.3, -0.25) is 19.2 Å². The van der Waals surface area contributed by atoms with Crippen molar-refractivity contribution >= 4 is 77.1 Å². The minimum absolute atomic E-state index is 0. The van der Waals surface area contributed by atoms with E-state index >= 15 is 0 Å². The van der Waals surface area contributed by atoms with E-state index in [4.69, 9.17) is 28.7 Å². The van der Waals surface area contributed by atoms with Gasteiger partial charge in [-0.2, -0.15) is 0 Å². The van der Waals surface area contributed by atoms with Crippen LogP contribution in [0.4, 0.5) is 37.1 Å². The molecule has 3 N–H and O–H groups in total. The number of ether oxygens (including phenoxy) is 5. The molecule has 7 aliphatic heterocycles. The fraction of sp³-hybridized carbons (Fsp3) is 0.558. The van der Waals surface area contributed by atoms with Gasteiger partial charge in [-0.25, -0.2) is 19.4 Å².